The van der Waals surface area contributed by atoms with Gasteiger partial charge in [-0.2, -0.15) is 0 Å². The Hall–Kier alpha value is 0.340. The number of hydrogen-bond donors (Lipinski definition) is 0. The molecule has 0 heterocycles. The molecule has 5 heteroatoms. The van der Waals surface area contributed by atoms with Crippen molar-refractivity contribution in [3.8, 4) is 0 Å². The summed E-state index contributed by atoms with van der Waals surface area (Å²) in [5.41, 5.74) is 0. The first kappa shape index (κ1) is 37.5. The van der Waals surface area contributed by atoms with E-state index in [1.807, 2.05) is 6.92 Å². The highest BCUT2D eigenvalue weighted by Crippen LogP contribution is 2.61. The van der Waals surface area contributed by atoms with Crippen LogP contribution in [0.4, 0.5) is 0 Å². The Kier molecular flexibility index (Phi) is 29.3. The van der Waals surface area contributed by atoms with Gasteiger partial charge in [-0.25, -0.2) is 8.42 Å². The van der Waals surface area contributed by atoms with Crippen LogP contribution in [0.3, 0.4) is 0 Å². The molecule has 0 atom stereocenters. The Labute approximate surface area is 223 Å². The summed E-state index contributed by atoms with van der Waals surface area (Å²) < 4.78 is 30.1. The first-order valence-electron chi connectivity index (χ1n) is 15.6. The maximum Gasteiger partial charge on any atom is 0.0945 e. The summed E-state index contributed by atoms with van der Waals surface area (Å²) in [7, 11) is -4.61. The Bertz CT molecular complexity index is 454. The smallest absolute Gasteiger partial charge is 0.0945 e. The molecule has 35 heavy (non-hydrogen) atoms. The van der Waals surface area contributed by atoms with E-state index in [1.54, 1.807) is 24.6 Å². The van der Waals surface area contributed by atoms with Gasteiger partial charge >= 0.3 is 0 Å². The van der Waals surface area contributed by atoms with Crippen LogP contribution >= 0.6 is 7.26 Å². The molecule has 0 aliphatic carbocycles. The third-order valence-corrected chi connectivity index (χ3v) is 13.0. The van der Waals surface area contributed by atoms with Gasteiger partial charge in [0.25, 0.3) is 0 Å². The summed E-state index contributed by atoms with van der Waals surface area (Å²) in [6.07, 6.45) is 33.5. The number of hydrogen-bond acceptors (Lipinski definition) is 3. The van der Waals surface area contributed by atoms with E-state index in [9.17, 15) is 13.0 Å². The topological polar surface area (TPSA) is 57.2 Å². The van der Waals surface area contributed by atoms with Gasteiger partial charge in [-0.15, -0.1) is 0 Å². The predicted molar refractivity (Wildman–Crippen MR) is 162 cm³/mol. The van der Waals surface area contributed by atoms with E-state index in [0.717, 1.165) is 19.3 Å². The molecule has 0 saturated carbocycles. The van der Waals surface area contributed by atoms with Crippen LogP contribution in [-0.4, -0.2) is 43.4 Å². The molecule has 3 nitrogen and oxygen atoms in total. The monoisotopic (exact) mass is 536 g/mol. The minimum Gasteiger partial charge on any atom is -0.748 e. The average molecular weight is 537 g/mol. The van der Waals surface area contributed by atoms with E-state index < -0.39 is 17.4 Å². The van der Waals surface area contributed by atoms with Crippen LogP contribution in [0.2, 0.25) is 0 Å². The maximum atomic E-state index is 10.0. The number of rotatable bonds is 25. The van der Waals surface area contributed by atoms with Crippen LogP contribution in [0.5, 0.6) is 0 Å². The SMILES string of the molecule is CCCCCCS(=O)(=O)[O-].CCCCCC[P+](CCCCCC)(CCCCCC)CCCCCC. The first-order valence-corrected chi connectivity index (χ1v) is 19.7. The zero-order valence-electron chi connectivity index (χ0n) is 24.8. The molecular weight excluding hydrogens is 471 g/mol. The van der Waals surface area contributed by atoms with E-state index in [0.29, 0.717) is 6.42 Å². The van der Waals surface area contributed by atoms with Gasteiger partial charge < -0.3 is 4.55 Å². The first-order chi connectivity index (χ1) is 16.8. The van der Waals surface area contributed by atoms with Gasteiger partial charge in [0.15, 0.2) is 0 Å². The Morgan fingerprint density at radius 1 is 0.429 bits per heavy atom. The minimum atomic E-state index is -3.95. The lowest BCUT2D eigenvalue weighted by molar-refractivity contribution is 0.459. The highest BCUT2D eigenvalue weighted by Gasteiger charge is 2.34. The zero-order valence-corrected chi connectivity index (χ0v) is 26.5. The highest BCUT2D eigenvalue weighted by atomic mass is 32.2. The molecule has 0 rings (SSSR count). The van der Waals surface area contributed by atoms with E-state index in [2.05, 4.69) is 27.7 Å². The van der Waals surface area contributed by atoms with Crippen LogP contribution in [-0.2, 0) is 10.1 Å². The molecule has 0 aromatic rings. The van der Waals surface area contributed by atoms with Crippen molar-refractivity contribution in [2.45, 2.75) is 163 Å². The molecule has 0 aliphatic heterocycles. The van der Waals surface area contributed by atoms with Crippen molar-refractivity contribution in [3.05, 3.63) is 0 Å². The van der Waals surface area contributed by atoms with Gasteiger partial charge in [-0.3, -0.25) is 0 Å². The molecule has 0 aromatic heterocycles. The third-order valence-electron chi connectivity index (χ3n) is 7.19. The molecule has 0 aromatic carbocycles. The molecule has 0 aliphatic rings. The van der Waals surface area contributed by atoms with Gasteiger partial charge in [0.2, 0.25) is 0 Å². The fourth-order valence-electron chi connectivity index (χ4n) is 4.87. The Balaban J connectivity index is 0. The highest BCUT2D eigenvalue weighted by molar-refractivity contribution is 7.85. The van der Waals surface area contributed by atoms with Crippen molar-refractivity contribution in [1.29, 1.82) is 0 Å². The molecule has 214 valence electrons. The second-order valence-corrected chi connectivity index (χ2v) is 16.8. The average Bonchev–Trinajstić information content (AvgIpc) is 2.83. The zero-order chi connectivity index (χ0) is 26.7. The van der Waals surface area contributed by atoms with Crippen LogP contribution in [0.1, 0.15) is 163 Å². The number of unbranched alkanes of at least 4 members (excludes halogenated alkanes) is 15. The lowest BCUT2D eigenvalue weighted by Crippen LogP contribution is -2.13. The van der Waals surface area contributed by atoms with E-state index >= 15 is 0 Å². The van der Waals surface area contributed by atoms with Gasteiger partial charge in [-0.05, 0) is 57.8 Å². The van der Waals surface area contributed by atoms with Gasteiger partial charge in [-0.1, -0.05) is 105 Å². The minimum absolute atomic E-state index is 0.201. The molecule has 0 radical (unpaired) electrons. The lowest BCUT2D eigenvalue weighted by atomic mass is 10.2. The van der Waals surface area contributed by atoms with E-state index in [1.165, 1.54) is 103 Å². The van der Waals surface area contributed by atoms with Crippen molar-refractivity contribution in [2.24, 2.45) is 0 Å². The van der Waals surface area contributed by atoms with Crippen LogP contribution in [0, 0.1) is 0 Å². The third kappa shape index (κ3) is 28.8. The van der Waals surface area contributed by atoms with Gasteiger partial charge in [0.1, 0.15) is 0 Å². The molecule has 0 unspecified atom stereocenters. The largest absolute Gasteiger partial charge is 0.748 e. The molecule has 0 amide bonds. The molecule has 0 saturated heterocycles. The summed E-state index contributed by atoms with van der Waals surface area (Å²) in [6, 6.07) is 0. The van der Waals surface area contributed by atoms with Crippen molar-refractivity contribution in [3.63, 3.8) is 0 Å². The second-order valence-electron chi connectivity index (χ2n) is 10.8. The maximum absolute atomic E-state index is 10.0. The quantitative estimate of drug-likeness (QED) is 0.0662. The second kappa shape index (κ2) is 27.4. The fraction of sp³-hybridized carbons (Fsp3) is 1.00. The summed E-state index contributed by atoms with van der Waals surface area (Å²) in [5.74, 6) is -0.201. The Morgan fingerprint density at radius 3 is 0.914 bits per heavy atom. The van der Waals surface area contributed by atoms with Crippen molar-refractivity contribution in [1.82, 2.24) is 0 Å². The van der Waals surface area contributed by atoms with Gasteiger partial charge in [0.05, 0.1) is 34.8 Å². The summed E-state index contributed by atoms with van der Waals surface area (Å²) in [4.78, 5) is 0. The summed E-state index contributed by atoms with van der Waals surface area (Å²) >= 11 is 0. The molecule has 0 fully saturated rings. The van der Waals surface area contributed by atoms with E-state index in [4.69, 9.17) is 0 Å². The van der Waals surface area contributed by atoms with Crippen molar-refractivity contribution in [2.75, 3.05) is 30.4 Å². The van der Waals surface area contributed by atoms with Crippen LogP contribution < -0.4 is 0 Å². The van der Waals surface area contributed by atoms with Crippen LogP contribution in [0.25, 0.3) is 0 Å². The van der Waals surface area contributed by atoms with Crippen LogP contribution in [0.15, 0.2) is 0 Å². The van der Waals surface area contributed by atoms with Crippen molar-refractivity contribution >= 4 is 17.4 Å². The summed E-state index contributed by atoms with van der Waals surface area (Å²) in [6.45, 7) is 11.4. The lowest BCUT2D eigenvalue weighted by Gasteiger charge is -2.28. The standard InChI is InChI=1S/C24H52P.C6H14O3S/c1-5-9-13-17-21-25(22-18-14-10-6-2,23-19-15-11-7-3)24-20-16-12-8-4;1-2-3-4-5-6-10(7,8)9/h5-24H2,1-4H3;2-6H2,1H3,(H,7,8,9)/q+1;/p-1. The van der Waals surface area contributed by atoms with E-state index in [-0.39, 0.29) is 5.75 Å². The summed E-state index contributed by atoms with van der Waals surface area (Å²) in [5, 5.41) is 0. The predicted octanol–water partition coefficient (Wildman–Crippen LogP) is 10.4. The van der Waals surface area contributed by atoms with Crippen molar-refractivity contribution < 1.29 is 13.0 Å². The molecule has 0 N–H and O–H groups in total. The normalized spacial score (nSPS) is 11.9. The molecular formula is C30H65O3PS. The van der Waals surface area contributed by atoms with Gasteiger partial charge in [0, 0.05) is 13.0 Å². The fourth-order valence-corrected chi connectivity index (χ4v) is 10.3. The molecule has 0 spiro atoms. The molecule has 0 bridgehead atoms. The Morgan fingerprint density at radius 2 is 0.686 bits per heavy atom.